The van der Waals surface area contributed by atoms with Crippen LogP contribution in [0.3, 0.4) is 0 Å². The summed E-state index contributed by atoms with van der Waals surface area (Å²) >= 11 is 0. The fraction of sp³-hybridized carbons (Fsp3) is 0.923. The first-order valence-electron chi connectivity index (χ1n) is 5.60. The number of hydrogen-bond acceptors (Lipinski definition) is 1. The topological polar surface area (TPSA) is 17.1 Å². The summed E-state index contributed by atoms with van der Waals surface area (Å²) in [6.07, 6.45) is 1.72. The average Bonchev–Trinajstić information content (AvgIpc) is 1.97. The quantitative estimate of drug-likeness (QED) is 0.665. The Kier molecular flexibility index (Phi) is 4.35. The fourth-order valence-electron chi connectivity index (χ4n) is 1.10. The van der Waals surface area contributed by atoms with Crippen LogP contribution < -0.4 is 0 Å². The highest BCUT2D eigenvalue weighted by Crippen LogP contribution is 2.41. The van der Waals surface area contributed by atoms with E-state index in [0.29, 0.717) is 5.78 Å². The summed E-state index contributed by atoms with van der Waals surface area (Å²) in [7, 11) is 0. The number of hydrogen-bond donors (Lipinski definition) is 0. The number of ketones is 1. The van der Waals surface area contributed by atoms with Crippen LogP contribution in [-0.4, -0.2) is 5.78 Å². The molecular weight excluding hydrogens is 172 g/mol. The number of rotatable bonds is 4. The summed E-state index contributed by atoms with van der Waals surface area (Å²) in [5, 5.41) is 0. The first-order valence-corrected chi connectivity index (χ1v) is 5.60. The molecule has 1 heteroatoms. The van der Waals surface area contributed by atoms with E-state index in [1.54, 1.807) is 0 Å². The van der Waals surface area contributed by atoms with Crippen molar-refractivity contribution < 1.29 is 4.79 Å². The minimum atomic E-state index is 0.186. The minimum Gasteiger partial charge on any atom is -0.299 e. The minimum absolute atomic E-state index is 0.186. The molecule has 0 fully saturated rings. The van der Waals surface area contributed by atoms with Gasteiger partial charge in [0.2, 0.25) is 0 Å². The van der Waals surface area contributed by atoms with Crippen molar-refractivity contribution in [3.05, 3.63) is 0 Å². The summed E-state index contributed by atoms with van der Waals surface area (Å²) in [5.74, 6) is 0.577. The van der Waals surface area contributed by atoms with E-state index < -0.39 is 0 Å². The zero-order valence-corrected chi connectivity index (χ0v) is 10.9. The van der Waals surface area contributed by atoms with Gasteiger partial charge in [0.05, 0.1) is 0 Å². The summed E-state index contributed by atoms with van der Waals surface area (Å²) in [6, 6.07) is 0. The lowest BCUT2D eigenvalue weighted by Crippen LogP contribution is -2.30. The fourth-order valence-corrected chi connectivity index (χ4v) is 1.10. The molecule has 0 aliphatic heterocycles. The first kappa shape index (κ1) is 13.7. The largest absolute Gasteiger partial charge is 0.299 e. The van der Waals surface area contributed by atoms with Crippen LogP contribution >= 0.6 is 0 Å². The third-order valence-corrected chi connectivity index (χ3v) is 3.67. The second-order valence-corrected chi connectivity index (χ2v) is 6.25. The SMILES string of the molecule is CC(C)C(=O)CCC(C)(C)C(C)(C)C. The van der Waals surface area contributed by atoms with Gasteiger partial charge < -0.3 is 0 Å². The monoisotopic (exact) mass is 198 g/mol. The normalized spacial score (nSPS) is 13.4. The highest BCUT2D eigenvalue weighted by molar-refractivity contribution is 5.80. The molecule has 0 saturated carbocycles. The lowest BCUT2D eigenvalue weighted by molar-refractivity contribution is -0.122. The van der Waals surface area contributed by atoms with Gasteiger partial charge in [0.1, 0.15) is 5.78 Å². The maximum atomic E-state index is 11.5. The van der Waals surface area contributed by atoms with Gasteiger partial charge in [-0.15, -0.1) is 0 Å². The molecular formula is C13H26O. The van der Waals surface area contributed by atoms with Crippen LogP contribution in [-0.2, 0) is 4.79 Å². The number of Topliss-reactive ketones (excluding diaryl/α,β-unsaturated/α-hetero) is 1. The van der Waals surface area contributed by atoms with Gasteiger partial charge in [-0.25, -0.2) is 0 Å². The summed E-state index contributed by atoms with van der Waals surface area (Å²) in [6.45, 7) is 15.2. The Morgan fingerprint density at radius 2 is 1.50 bits per heavy atom. The van der Waals surface area contributed by atoms with Crippen LogP contribution in [0.2, 0.25) is 0 Å². The molecule has 0 aliphatic rings. The second kappa shape index (κ2) is 4.46. The van der Waals surface area contributed by atoms with Gasteiger partial charge >= 0.3 is 0 Å². The van der Waals surface area contributed by atoms with E-state index in [2.05, 4.69) is 34.6 Å². The van der Waals surface area contributed by atoms with E-state index in [1.165, 1.54) is 0 Å². The van der Waals surface area contributed by atoms with E-state index in [9.17, 15) is 4.79 Å². The molecule has 0 radical (unpaired) electrons. The molecule has 0 rings (SSSR count). The van der Waals surface area contributed by atoms with Gasteiger partial charge in [-0.1, -0.05) is 48.5 Å². The van der Waals surface area contributed by atoms with Gasteiger partial charge in [-0.2, -0.15) is 0 Å². The maximum absolute atomic E-state index is 11.5. The number of carbonyl (C=O) groups excluding carboxylic acids is 1. The maximum Gasteiger partial charge on any atom is 0.135 e. The molecule has 0 N–H and O–H groups in total. The van der Waals surface area contributed by atoms with Gasteiger partial charge in [0.15, 0.2) is 0 Å². The third kappa shape index (κ3) is 3.81. The highest BCUT2D eigenvalue weighted by Gasteiger charge is 2.32. The van der Waals surface area contributed by atoms with E-state index in [0.717, 1.165) is 12.8 Å². The van der Waals surface area contributed by atoms with Crippen molar-refractivity contribution in [1.29, 1.82) is 0 Å². The van der Waals surface area contributed by atoms with Gasteiger partial charge in [-0.3, -0.25) is 4.79 Å². The lowest BCUT2D eigenvalue weighted by Gasteiger charge is -2.39. The van der Waals surface area contributed by atoms with Crippen LogP contribution in [0, 0.1) is 16.7 Å². The standard InChI is InChI=1S/C13H26O/c1-10(2)11(14)8-9-13(6,7)12(3,4)5/h10H,8-9H2,1-7H3. The molecule has 0 heterocycles. The van der Waals surface area contributed by atoms with E-state index in [1.807, 2.05) is 13.8 Å². The summed E-state index contributed by atoms with van der Waals surface area (Å²) in [5.41, 5.74) is 0.502. The Morgan fingerprint density at radius 1 is 1.07 bits per heavy atom. The Bertz CT molecular complexity index is 194. The molecule has 0 aromatic rings. The molecule has 0 atom stereocenters. The van der Waals surface area contributed by atoms with Gasteiger partial charge in [0, 0.05) is 12.3 Å². The molecule has 0 unspecified atom stereocenters. The molecule has 0 aromatic carbocycles. The van der Waals surface area contributed by atoms with E-state index >= 15 is 0 Å². The van der Waals surface area contributed by atoms with Crippen molar-refractivity contribution in [2.45, 2.75) is 61.3 Å². The molecule has 84 valence electrons. The van der Waals surface area contributed by atoms with Crippen LogP contribution in [0.1, 0.15) is 61.3 Å². The lowest BCUT2D eigenvalue weighted by atomic mass is 9.66. The zero-order valence-electron chi connectivity index (χ0n) is 10.9. The van der Waals surface area contributed by atoms with Crippen molar-refractivity contribution >= 4 is 5.78 Å². The summed E-state index contributed by atoms with van der Waals surface area (Å²) in [4.78, 5) is 11.5. The molecule has 0 saturated heterocycles. The Balaban J connectivity index is 4.20. The molecule has 0 aliphatic carbocycles. The molecule has 0 amide bonds. The predicted octanol–water partition coefficient (Wildman–Crippen LogP) is 4.06. The van der Waals surface area contributed by atoms with Crippen LogP contribution in [0.4, 0.5) is 0 Å². The second-order valence-electron chi connectivity index (χ2n) is 6.25. The van der Waals surface area contributed by atoms with Crippen molar-refractivity contribution in [2.75, 3.05) is 0 Å². The Labute approximate surface area is 89.3 Å². The van der Waals surface area contributed by atoms with Crippen molar-refractivity contribution in [1.82, 2.24) is 0 Å². The zero-order chi connectivity index (χ0) is 11.6. The molecule has 1 nitrogen and oxygen atoms in total. The average molecular weight is 198 g/mol. The predicted molar refractivity (Wildman–Crippen MR) is 62.3 cm³/mol. The van der Waals surface area contributed by atoms with E-state index in [4.69, 9.17) is 0 Å². The molecule has 0 spiro atoms. The van der Waals surface area contributed by atoms with Gasteiger partial charge in [0.25, 0.3) is 0 Å². The van der Waals surface area contributed by atoms with Gasteiger partial charge in [-0.05, 0) is 17.3 Å². The highest BCUT2D eigenvalue weighted by atomic mass is 16.1. The summed E-state index contributed by atoms with van der Waals surface area (Å²) < 4.78 is 0. The Hall–Kier alpha value is -0.330. The molecule has 14 heavy (non-hydrogen) atoms. The smallest absolute Gasteiger partial charge is 0.135 e. The first-order chi connectivity index (χ1) is 6.08. The van der Waals surface area contributed by atoms with Crippen molar-refractivity contribution in [2.24, 2.45) is 16.7 Å². The Morgan fingerprint density at radius 3 is 1.79 bits per heavy atom. The van der Waals surface area contributed by atoms with Crippen molar-refractivity contribution in [3.8, 4) is 0 Å². The molecule has 0 bridgehead atoms. The number of carbonyl (C=O) groups is 1. The van der Waals surface area contributed by atoms with Crippen LogP contribution in [0.5, 0.6) is 0 Å². The van der Waals surface area contributed by atoms with E-state index in [-0.39, 0.29) is 16.7 Å². The third-order valence-electron chi connectivity index (χ3n) is 3.67. The van der Waals surface area contributed by atoms with Crippen molar-refractivity contribution in [3.63, 3.8) is 0 Å². The van der Waals surface area contributed by atoms with Crippen LogP contribution in [0.15, 0.2) is 0 Å². The van der Waals surface area contributed by atoms with Crippen LogP contribution in [0.25, 0.3) is 0 Å². The molecule has 0 aromatic heterocycles.